The zero-order chi connectivity index (χ0) is 16.5. The van der Waals surface area contributed by atoms with Crippen LogP contribution < -0.4 is 4.31 Å². The summed E-state index contributed by atoms with van der Waals surface area (Å²) in [7, 11) is -4.10. The number of halogens is 2. The fraction of sp³-hybridized carbons (Fsp3) is 0.154. The summed E-state index contributed by atoms with van der Waals surface area (Å²) in [6, 6.07) is 4.62. The number of benzene rings is 1. The van der Waals surface area contributed by atoms with Crippen LogP contribution in [0.3, 0.4) is 0 Å². The van der Waals surface area contributed by atoms with E-state index in [2.05, 4.69) is 4.98 Å². The highest BCUT2D eigenvalue weighted by Gasteiger charge is 2.27. The molecule has 0 saturated heterocycles. The Balaban J connectivity index is 2.50. The maximum absolute atomic E-state index is 14.0. The van der Waals surface area contributed by atoms with Gasteiger partial charge in [0.2, 0.25) is 0 Å². The number of nitrogens with zero attached hydrogens (tertiary/aromatic N) is 1. The second-order valence-corrected chi connectivity index (χ2v) is 6.62. The van der Waals surface area contributed by atoms with Crippen LogP contribution in [0.2, 0.25) is 5.02 Å². The van der Waals surface area contributed by atoms with Crippen molar-refractivity contribution in [3.8, 4) is 0 Å². The van der Waals surface area contributed by atoms with Crippen molar-refractivity contribution in [3.63, 3.8) is 0 Å². The van der Waals surface area contributed by atoms with Gasteiger partial charge in [-0.1, -0.05) is 11.6 Å². The molecule has 2 rings (SSSR count). The zero-order valence-corrected chi connectivity index (χ0v) is 12.9. The number of rotatable bonds is 5. The summed E-state index contributed by atoms with van der Waals surface area (Å²) in [4.78, 5) is 12.9. The SMILES string of the molecule is CCN(c1ccc(Cl)cc1F)S(=O)(=O)c1c[nH]c(C(=O)O)c1. The van der Waals surface area contributed by atoms with E-state index in [1.807, 2.05) is 0 Å². The van der Waals surface area contributed by atoms with Gasteiger partial charge in [-0.2, -0.15) is 0 Å². The van der Waals surface area contributed by atoms with Gasteiger partial charge in [-0.05, 0) is 31.2 Å². The normalized spacial score (nSPS) is 11.4. The number of aromatic nitrogens is 1. The fourth-order valence-corrected chi connectivity index (χ4v) is 3.56. The van der Waals surface area contributed by atoms with Crippen molar-refractivity contribution in [2.75, 3.05) is 10.8 Å². The zero-order valence-electron chi connectivity index (χ0n) is 11.4. The number of hydrogen-bond acceptors (Lipinski definition) is 3. The first-order valence-corrected chi connectivity index (χ1v) is 7.98. The number of nitrogens with one attached hydrogen (secondary N) is 1. The van der Waals surface area contributed by atoms with Gasteiger partial charge in [0.1, 0.15) is 16.4 Å². The predicted octanol–water partition coefficient (Wildman–Crippen LogP) is 2.72. The van der Waals surface area contributed by atoms with Crippen molar-refractivity contribution in [3.05, 3.63) is 47.0 Å². The Hall–Kier alpha value is -2.06. The second kappa shape index (κ2) is 5.98. The van der Waals surface area contributed by atoms with Crippen LogP contribution in [0.1, 0.15) is 17.4 Å². The molecule has 6 nitrogen and oxygen atoms in total. The second-order valence-electron chi connectivity index (χ2n) is 4.32. The van der Waals surface area contributed by atoms with E-state index >= 15 is 0 Å². The number of sulfonamides is 1. The summed E-state index contributed by atoms with van der Waals surface area (Å²) >= 11 is 5.66. The Labute approximate surface area is 131 Å². The van der Waals surface area contributed by atoms with E-state index < -0.39 is 21.8 Å². The molecule has 0 fully saturated rings. The van der Waals surface area contributed by atoms with Crippen LogP contribution in [-0.2, 0) is 10.0 Å². The number of carboxylic acids is 1. The lowest BCUT2D eigenvalue weighted by Gasteiger charge is -2.22. The third kappa shape index (κ3) is 2.93. The van der Waals surface area contributed by atoms with Crippen LogP contribution in [0.5, 0.6) is 0 Å². The molecule has 1 heterocycles. The monoisotopic (exact) mass is 346 g/mol. The van der Waals surface area contributed by atoms with Gasteiger partial charge in [0, 0.05) is 17.8 Å². The maximum atomic E-state index is 14.0. The highest BCUT2D eigenvalue weighted by molar-refractivity contribution is 7.92. The molecule has 0 aliphatic heterocycles. The number of aromatic carboxylic acids is 1. The van der Waals surface area contributed by atoms with E-state index in [0.29, 0.717) is 0 Å². The summed E-state index contributed by atoms with van der Waals surface area (Å²) in [5.41, 5.74) is -0.434. The molecule has 0 aliphatic rings. The van der Waals surface area contributed by atoms with E-state index in [-0.39, 0.29) is 27.8 Å². The van der Waals surface area contributed by atoms with Crippen molar-refractivity contribution < 1.29 is 22.7 Å². The molecule has 0 atom stereocenters. The molecule has 22 heavy (non-hydrogen) atoms. The molecule has 0 spiro atoms. The number of carboxylic acid groups (broad SMARTS) is 1. The molecule has 2 N–H and O–H groups in total. The van der Waals surface area contributed by atoms with Crippen LogP contribution in [0.15, 0.2) is 35.4 Å². The van der Waals surface area contributed by atoms with Crippen LogP contribution in [0.4, 0.5) is 10.1 Å². The van der Waals surface area contributed by atoms with Gasteiger partial charge in [-0.25, -0.2) is 17.6 Å². The third-order valence-corrected chi connectivity index (χ3v) is 5.04. The third-order valence-electron chi connectivity index (χ3n) is 2.94. The molecular formula is C13H12ClFN2O4S. The van der Waals surface area contributed by atoms with Gasteiger partial charge in [-0.3, -0.25) is 4.31 Å². The minimum atomic E-state index is -4.10. The molecule has 0 aliphatic carbocycles. The highest BCUT2D eigenvalue weighted by atomic mass is 35.5. The van der Waals surface area contributed by atoms with Crippen molar-refractivity contribution in [2.24, 2.45) is 0 Å². The molecule has 0 unspecified atom stereocenters. The Morgan fingerprint density at radius 2 is 2.09 bits per heavy atom. The van der Waals surface area contributed by atoms with E-state index in [1.54, 1.807) is 0 Å². The minimum absolute atomic E-state index is 0.0333. The quantitative estimate of drug-likeness (QED) is 0.871. The standard InChI is InChI=1S/C13H12ClFN2O4S/c1-2-17(12-4-3-8(14)5-10(12)15)22(20,21)9-6-11(13(18)19)16-7-9/h3-7,16H,2H2,1H3,(H,18,19). The van der Waals surface area contributed by atoms with E-state index in [9.17, 15) is 17.6 Å². The predicted molar refractivity (Wildman–Crippen MR) is 79.4 cm³/mol. The molecule has 9 heteroatoms. The number of H-pyrrole nitrogens is 1. The first-order valence-electron chi connectivity index (χ1n) is 6.17. The topological polar surface area (TPSA) is 90.5 Å². The Bertz CT molecular complexity index is 819. The Kier molecular flexibility index (Phi) is 4.43. The highest BCUT2D eigenvalue weighted by Crippen LogP contribution is 2.28. The molecular weight excluding hydrogens is 335 g/mol. The fourth-order valence-electron chi connectivity index (χ4n) is 1.93. The van der Waals surface area contributed by atoms with Gasteiger partial charge in [0.25, 0.3) is 10.0 Å². The van der Waals surface area contributed by atoms with E-state index in [4.69, 9.17) is 16.7 Å². The van der Waals surface area contributed by atoms with Crippen molar-refractivity contribution in [1.29, 1.82) is 0 Å². The smallest absolute Gasteiger partial charge is 0.352 e. The first kappa shape index (κ1) is 16.3. The van der Waals surface area contributed by atoms with Gasteiger partial charge < -0.3 is 10.1 Å². The van der Waals surface area contributed by atoms with Crippen LogP contribution in [0.25, 0.3) is 0 Å². The molecule has 1 aromatic carbocycles. The molecule has 0 amide bonds. The molecule has 0 saturated carbocycles. The molecule has 0 radical (unpaired) electrons. The number of hydrogen-bond donors (Lipinski definition) is 2. The lowest BCUT2D eigenvalue weighted by atomic mass is 10.3. The maximum Gasteiger partial charge on any atom is 0.352 e. The van der Waals surface area contributed by atoms with Gasteiger partial charge in [0.05, 0.1) is 5.69 Å². The van der Waals surface area contributed by atoms with Gasteiger partial charge in [-0.15, -0.1) is 0 Å². The van der Waals surface area contributed by atoms with Gasteiger partial charge in [0.15, 0.2) is 0 Å². The van der Waals surface area contributed by atoms with Crippen LogP contribution in [-0.4, -0.2) is 31.0 Å². The lowest BCUT2D eigenvalue weighted by Crippen LogP contribution is -2.31. The van der Waals surface area contributed by atoms with Crippen molar-refractivity contribution >= 4 is 33.3 Å². The van der Waals surface area contributed by atoms with Crippen molar-refractivity contribution in [1.82, 2.24) is 4.98 Å². The first-order chi connectivity index (χ1) is 10.3. The largest absolute Gasteiger partial charge is 0.477 e. The molecule has 0 bridgehead atoms. The van der Waals surface area contributed by atoms with E-state index in [1.165, 1.54) is 19.1 Å². The summed E-state index contributed by atoms with van der Waals surface area (Å²) < 4.78 is 39.9. The van der Waals surface area contributed by atoms with Gasteiger partial charge >= 0.3 is 5.97 Å². The summed E-state index contributed by atoms with van der Waals surface area (Å²) in [5, 5.41) is 8.98. The number of aromatic amines is 1. The molecule has 1 aromatic heterocycles. The lowest BCUT2D eigenvalue weighted by molar-refractivity contribution is 0.0691. The minimum Gasteiger partial charge on any atom is -0.477 e. The Morgan fingerprint density at radius 1 is 1.41 bits per heavy atom. The summed E-state index contributed by atoms with van der Waals surface area (Å²) in [5.74, 6) is -2.07. The number of carbonyl (C=O) groups is 1. The molecule has 2 aromatic rings. The van der Waals surface area contributed by atoms with Crippen LogP contribution in [0, 0.1) is 5.82 Å². The van der Waals surface area contributed by atoms with Crippen molar-refractivity contribution in [2.45, 2.75) is 11.8 Å². The summed E-state index contributed by atoms with van der Waals surface area (Å²) in [6.45, 7) is 1.50. The Morgan fingerprint density at radius 3 is 2.59 bits per heavy atom. The average Bonchev–Trinajstić information content (AvgIpc) is 2.92. The van der Waals surface area contributed by atoms with Crippen LogP contribution >= 0.6 is 11.6 Å². The molecule has 118 valence electrons. The summed E-state index contributed by atoms with van der Waals surface area (Å²) in [6.07, 6.45) is 1.05. The van der Waals surface area contributed by atoms with E-state index in [0.717, 1.165) is 22.6 Å². The number of anilines is 1. The average molecular weight is 347 g/mol.